The van der Waals surface area contributed by atoms with Gasteiger partial charge in [0.1, 0.15) is 0 Å². The van der Waals surface area contributed by atoms with Crippen molar-refractivity contribution in [1.82, 2.24) is 20.3 Å². The lowest BCUT2D eigenvalue weighted by atomic mass is 9.96. The maximum Gasteiger partial charge on any atom is 0.0843 e. The summed E-state index contributed by atoms with van der Waals surface area (Å²) >= 11 is 0. The van der Waals surface area contributed by atoms with E-state index in [1.807, 2.05) is 29.1 Å². The highest BCUT2D eigenvalue weighted by Crippen LogP contribution is 2.30. The average molecular weight is 228 g/mol. The van der Waals surface area contributed by atoms with Gasteiger partial charge in [0.05, 0.1) is 23.1 Å². The van der Waals surface area contributed by atoms with Gasteiger partial charge in [-0.1, -0.05) is 23.4 Å². The van der Waals surface area contributed by atoms with Gasteiger partial charge in [-0.15, -0.1) is 5.10 Å². The molecule has 1 saturated heterocycles. The summed E-state index contributed by atoms with van der Waals surface area (Å²) in [6, 6.07) is 10.2. The van der Waals surface area contributed by atoms with Gasteiger partial charge in [-0.05, 0) is 38.4 Å². The smallest absolute Gasteiger partial charge is 0.0843 e. The first-order chi connectivity index (χ1) is 8.30. The first-order valence-corrected chi connectivity index (χ1v) is 6.01. The summed E-state index contributed by atoms with van der Waals surface area (Å²) in [5.74, 6) is 0. The van der Waals surface area contributed by atoms with E-state index < -0.39 is 0 Å². The molecule has 4 nitrogen and oxygen atoms in total. The lowest BCUT2D eigenvalue weighted by Gasteiger charge is -2.24. The Labute approximate surface area is 101 Å². The van der Waals surface area contributed by atoms with Gasteiger partial charge in [-0.3, -0.25) is 0 Å². The molecule has 88 valence electrons. The molecule has 0 spiro atoms. The molecule has 17 heavy (non-hydrogen) atoms. The SMILES string of the molecule is CC1(c2cnnn2-c2ccccc2)CCCN1. The molecule has 1 fully saturated rings. The number of aromatic nitrogens is 3. The molecule has 1 aromatic carbocycles. The van der Waals surface area contributed by atoms with Crippen molar-refractivity contribution in [2.24, 2.45) is 0 Å². The lowest BCUT2D eigenvalue weighted by molar-refractivity contribution is 0.409. The molecule has 1 N–H and O–H groups in total. The van der Waals surface area contributed by atoms with E-state index in [4.69, 9.17) is 0 Å². The van der Waals surface area contributed by atoms with Gasteiger partial charge in [-0.25, -0.2) is 4.68 Å². The quantitative estimate of drug-likeness (QED) is 0.853. The Morgan fingerprint density at radius 2 is 2.12 bits per heavy atom. The zero-order valence-electron chi connectivity index (χ0n) is 9.93. The van der Waals surface area contributed by atoms with Crippen LogP contribution in [0.3, 0.4) is 0 Å². The van der Waals surface area contributed by atoms with Crippen molar-refractivity contribution in [1.29, 1.82) is 0 Å². The molecule has 1 aliphatic heterocycles. The lowest BCUT2D eigenvalue weighted by Crippen LogP contribution is -2.35. The Bertz CT molecular complexity index is 497. The minimum absolute atomic E-state index is 0.000653. The number of benzene rings is 1. The Morgan fingerprint density at radius 3 is 2.82 bits per heavy atom. The fourth-order valence-corrected chi connectivity index (χ4v) is 2.48. The zero-order valence-corrected chi connectivity index (χ0v) is 9.93. The van der Waals surface area contributed by atoms with Gasteiger partial charge in [0.15, 0.2) is 0 Å². The van der Waals surface area contributed by atoms with E-state index in [2.05, 4.69) is 34.7 Å². The molecule has 2 heterocycles. The molecule has 0 radical (unpaired) electrons. The Kier molecular flexibility index (Phi) is 2.44. The van der Waals surface area contributed by atoms with E-state index in [1.165, 1.54) is 6.42 Å². The summed E-state index contributed by atoms with van der Waals surface area (Å²) in [5.41, 5.74) is 2.20. The number of hydrogen-bond donors (Lipinski definition) is 1. The predicted octanol–water partition coefficient (Wildman–Crippen LogP) is 1.87. The maximum atomic E-state index is 4.20. The van der Waals surface area contributed by atoms with Crippen molar-refractivity contribution >= 4 is 0 Å². The molecule has 2 aromatic rings. The van der Waals surface area contributed by atoms with Crippen LogP contribution in [0.25, 0.3) is 5.69 Å². The molecule has 0 bridgehead atoms. The summed E-state index contributed by atoms with van der Waals surface area (Å²) in [5, 5.41) is 11.8. The number of hydrogen-bond acceptors (Lipinski definition) is 3. The number of nitrogens with zero attached hydrogens (tertiary/aromatic N) is 3. The van der Waals surface area contributed by atoms with Gasteiger partial charge in [-0.2, -0.15) is 0 Å². The molecule has 1 aromatic heterocycles. The summed E-state index contributed by atoms with van der Waals surface area (Å²) in [7, 11) is 0. The van der Waals surface area contributed by atoms with Crippen LogP contribution >= 0.6 is 0 Å². The van der Waals surface area contributed by atoms with E-state index >= 15 is 0 Å². The standard InChI is InChI=1S/C13H16N4/c1-13(8-5-9-14-13)12-10-15-16-17(12)11-6-3-2-4-7-11/h2-4,6-7,10,14H,5,8-9H2,1H3. The second kappa shape index (κ2) is 3.96. The van der Waals surface area contributed by atoms with Crippen LogP contribution in [0.5, 0.6) is 0 Å². The topological polar surface area (TPSA) is 42.7 Å². The molecule has 1 aliphatic rings. The number of para-hydroxylation sites is 1. The van der Waals surface area contributed by atoms with Gasteiger partial charge in [0.25, 0.3) is 0 Å². The Balaban J connectivity index is 2.05. The third-order valence-corrected chi connectivity index (χ3v) is 3.48. The summed E-state index contributed by atoms with van der Waals surface area (Å²) < 4.78 is 1.93. The highest BCUT2D eigenvalue weighted by Gasteiger charge is 2.33. The van der Waals surface area contributed by atoms with E-state index in [9.17, 15) is 0 Å². The van der Waals surface area contributed by atoms with Crippen molar-refractivity contribution in [3.63, 3.8) is 0 Å². The molecule has 0 amide bonds. The van der Waals surface area contributed by atoms with E-state index in [0.717, 1.165) is 24.3 Å². The van der Waals surface area contributed by atoms with Crippen LogP contribution in [0.15, 0.2) is 36.5 Å². The minimum atomic E-state index is -0.000653. The fraction of sp³-hybridized carbons (Fsp3) is 0.385. The minimum Gasteiger partial charge on any atom is -0.306 e. The first kappa shape index (κ1) is 10.5. The summed E-state index contributed by atoms with van der Waals surface area (Å²) in [4.78, 5) is 0. The van der Waals surface area contributed by atoms with Gasteiger partial charge >= 0.3 is 0 Å². The first-order valence-electron chi connectivity index (χ1n) is 6.01. The molecule has 1 atom stereocenters. The third kappa shape index (κ3) is 1.74. The van der Waals surface area contributed by atoms with Crippen LogP contribution in [0.1, 0.15) is 25.5 Å². The van der Waals surface area contributed by atoms with Gasteiger partial charge in [0.2, 0.25) is 0 Å². The third-order valence-electron chi connectivity index (χ3n) is 3.48. The predicted molar refractivity (Wildman–Crippen MR) is 65.9 cm³/mol. The van der Waals surface area contributed by atoms with Crippen LogP contribution in [-0.2, 0) is 5.54 Å². The van der Waals surface area contributed by atoms with Crippen LogP contribution in [0, 0.1) is 0 Å². The van der Waals surface area contributed by atoms with Crippen LogP contribution in [-0.4, -0.2) is 21.5 Å². The van der Waals surface area contributed by atoms with Crippen molar-refractivity contribution in [3.8, 4) is 5.69 Å². The molecule has 4 heteroatoms. The van der Waals surface area contributed by atoms with Crippen LogP contribution in [0.2, 0.25) is 0 Å². The number of nitrogens with one attached hydrogen (secondary N) is 1. The normalized spacial score (nSPS) is 24.1. The van der Waals surface area contributed by atoms with Crippen molar-refractivity contribution in [2.45, 2.75) is 25.3 Å². The Hall–Kier alpha value is -1.68. The Morgan fingerprint density at radius 1 is 1.29 bits per heavy atom. The van der Waals surface area contributed by atoms with Gasteiger partial charge < -0.3 is 5.32 Å². The highest BCUT2D eigenvalue weighted by atomic mass is 15.4. The molecule has 3 rings (SSSR count). The van der Waals surface area contributed by atoms with Gasteiger partial charge in [0, 0.05) is 0 Å². The van der Waals surface area contributed by atoms with Crippen molar-refractivity contribution in [2.75, 3.05) is 6.54 Å². The van der Waals surface area contributed by atoms with Crippen LogP contribution < -0.4 is 5.32 Å². The van der Waals surface area contributed by atoms with Crippen molar-refractivity contribution < 1.29 is 0 Å². The second-order valence-electron chi connectivity index (χ2n) is 4.73. The fourth-order valence-electron chi connectivity index (χ4n) is 2.48. The molecular weight excluding hydrogens is 212 g/mol. The highest BCUT2D eigenvalue weighted by molar-refractivity contribution is 5.33. The number of rotatable bonds is 2. The largest absolute Gasteiger partial charge is 0.306 e. The average Bonchev–Trinajstić information content (AvgIpc) is 2.99. The molecule has 0 aliphatic carbocycles. The van der Waals surface area contributed by atoms with E-state index in [-0.39, 0.29) is 5.54 Å². The summed E-state index contributed by atoms with van der Waals surface area (Å²) in [6.07, 6.45) is 4.20. The van der Waals surface area contributed by atoms with E-state index in [1.54, 1.807) is 0 Å². The van der Waals surface area contributed by atoms with Crippen molar-refractivity contribution in [3.05, 3.63) is 42.2 Å². The molecular formula is C13H16N4. The monoisotopic (exact) mass is 228 g/mol. The van der Waals surface area contributed by atoms with Crippen LogP contribution in [0.4, 0.5) is 0 Å². The molecule has 1 unspecified atom stereocenters. The molecule has 0 saturated carbocycles. The van der Waals surface area contributed by atoms with E-state index in [0.29, 0.717) is 0 Å². The maximum absolute atomic E-state index is 4.20. The zero-order chi connectivity index (χ0) is 11.7. The summed E-state index contributed by atoms with van der Waals surface area (Å²) in [6.45, 7) is 3.29. The second-order valence-corrected chi connectivity index (χ2v) is 4.73.